The van der Waals surface area contributed by atoms with Gasteiger partial charge in [0.1, 0.15) is 0 Å². The van der Waals surface area contributed by atoms with Gasteiger partial charge in [0.15, 0.2) is 0 Å². The lowest BCUT2D eigenvalue weighted by Gasteiger charge is -2.37. The van der Waals surface area contributed by atoms with Crippen molar-refractivity contribution >= 4 is 12.6 Å². The molecule has 1 fully saturated rings. The fraction of sp³-hybridized carbons (Fsp3) is 1.00. The first kappa shape index (κ1) is 12.3. The minimum absolute atomic E-state index is 0.0474. The molecule has 0 spiro atoms. The van der Waals surface area contributed by atoms with Crippen molar-refractivity contribution in [1.82, 2.24) is 0 Å². The lowest BCUT2D eigenvalue weighted by molar-refractivity contribution is -0.0790. The van der Waals surface area contributed by atoms with Crippen molar-refractivity contribution in [2.45, 2.75) is 39.2 Å². The first-order valence-corrected chi connectivity index (χ1v) is 5.93. The Hall–Kier alpha value is 0.270. The number of hydrogen-bond acceptors (Lipinski definition) is 3. The molecule has 1 heterocycles. The van der Waals surface area contributed by atoms with E-state index in [9.17, 15) is 0 Å². The molecule has 14 heavy (non-hydrogen) atoms. The summed E-state index contributed by atoms with van der Waals surface area (Å²) in [5.74, 6) is 0.895. The molecule has 0 aromatic carbocycles. The smallest absolute Gasteiger partial charge is 0.0598 e. The molecule has 0 aliphatic carbocycles. The minimum Gasteiger partial charge on any atom is -0.381 e. The number of hydrogen-bond donors (Lipinski definition) is 1. The Balaban J connectivity index is 2.44. The van der Waals surface area contributed by atoms with Crippen LogP contribution in [-0.4, -0.2) is 31.2 Å². The third-order valence-corrected chi connectivity index (χ3v) is 3.37. The van der Waals surface area contributed by atoms with Crippen LogP contribution in [-0.2, 0) is 9.47 Å². The molecule has 84 valence electrons. The molecule has 0 saturated carbocycles. The highest BCUT2D eigenvalue weighted by Gasteiger charge is 2.32. The highest BCUT2D eigenvalue weighted by molar-refractivity contribution is 7.80. The van der Waals surface area contributed by atoms with E-state index < -0.39 is 0 Å². The molecular weight excluding hydrogens is 196 g/mol. The zero-order valence-corrected chi connectivity index (χ0v) is 10.4. The highest BCUT2D eigenvalue weighted by atomic mass is 32.1. The monoisotopic (exact) mass is 218 g/mol. The van der Waals surface area contributed by atoms with E-state index in [1.807, 2.05) is 0 Å². The van der Waals surface area contributed by atoms with Gasteiger partial charge < -0.3 is 9.47 Å². The average Bonchev–Trinajstić information content (AvgIpc) is 2.15. The summed E-state index contributed by atoms with van der Waals surface area (Å²) in [5.41, 5.74) is 0.197. The van der Waals surface area contributed by atoms with Crippen LogP contribution in [0.15, 0.2) is 0 Å². The Bertz CT molecular complexity index is 169. The van der Waals surface area contributed by atoms with Gasteiger partial charge in [-0.15, -0.1) is 0 Å². The molecule has 0 amide bonds. The van der Waals surface area contributed by atoms with Crippen molar-refractivity contribution in [3.05, 3.63) is 0 Å². The Morgan fingerprint density at radius 1 is 1.29 bits per heavy atom. The SMILES string of the molecule is CC(C)(C)OCC1(CS)CCOCC1. The average molecular weight is 218 g/mol. The summed E-state index contributed by atoms with van der Waals surface area (Å²) in [5, 5.41) is 0. The number of thiol groups is 1. The molecule has 0 aromatic heterocycles. The zero-order valence-electron chi connectivity index (χ0n) is 9.51. The molecule has 0 atom stereocenters. The van der Waals surface area contributed by atoms with Crippen LogP contribution in [0.1, 0.15) is 33.6 Å². The molecule has 0 radical (unpaired) electrons. The van der Waals surface area contributed by atoms with E-state index >= 15 is 0 Å². The standard InChI is InChI=1S/C11H22O2S/c1-10(2,3)13-8-11(9-14)4-6-12-7-5-11/h14H,4-9H2,1-3H3. The van der Waals surface area contributed by atoms with E-state index in [-0.39, 0.29) is 11.0 Å². The summed E-state index contributed by atoms with van der Waals surface area (Å²) < 4.78 is 11.2. The van der Waals surface area contributed by atoms with Crippen LogP contribution >= 0.6 is 12.6 Å². The van der Waals surface area contributed by atoms with Gasteiger partial charge in [-0.3, -0.25) is 0 Å². The van der Waals surface area contributed by atoms with Crippen LogP contribution < -0.4 is 0 Å². The second-order valence-corrected chi connectivity index (χ2v) is 5.49. The maximum absolute atomic E-state index is 5.86. The summed E-state index contributed by atoms with van der Waals surface area (Å²) in [6.45, 7) is 8.81. The molecule has 0 unspecified atom stereocenters. The molecule has 1 rings (SSSR count). The van der Waals surface area contributed by atoms with E-state index in [2.05, 4.69) is 33.4 Å². The lowest BCUT2D eigenvalue weighted by Crippen LogP contribution is -2.38. The van der Waals surface area contributed by atoms with Gasteiger partial charge in [-0.2, -0.15) is 12.6 Å². The summed E-state index contributed by atoms with van der Waals surface area (Å²) in [7, 11) is 0. The molecule has 2 nitrogen and oxygen atoms in total. The highest BCUT2D eigenvalue weighted by Crippen LogP contribution is 2.33. The van der Waals surface area contributed by atoms with Gasteiger partial charge in [-0.05, 0) is 39.4 Å². The van der Waals surface area contributed by atoms with Gasteiger partial charge in [0.2, 0.25) is 0 Å². The van der Waals surface area contributed by atoms with E-state index in [0.717, 1.165) is 38.4 Å². The fourth-order valence-corrected chi connectivity index (χ4v) is 1.93. The van der Waals surface area contributed by atoms with E-state index in [4.69, 9.17) is 9.47 Å². The Kier molecular flexibility index (Phi) is 4.29. The van der Waals surface area contributed by atoms with Crippen LogP contribution in [0.5, 0.6) is 0 Å². The van der Waals surface area contributed by atoms with Gasteiger partial charge in [0.05, 0.1) is 12.2 Å². The van der Waals surface area contributed by atoms with Gasteiger partial charge in [-0.25, -0.2) is 0 Å². The first-order valence-electron chi connectivity index (χ1n) is 5.30. The van der Waals surface area contributed by atoms with Crippen molar-refractivity contribution < 1.29 is 9.47 Å². The van der Waals surface area contributed by atoms with Gasteiger partial charge in [0, 0.05) is 18.6 Å². The molecule has 1 saturated heterocycles. The van der Waals surface area contributed by atoms with Crippen LogP contribution in [0.3, 0.4) is 0 Å². The summed E-state index contributed by atoms with van der Waals surface area (Å²) in [6.07, 6.45) is 2.15. The summed E-state index contributed by atoms with van der Waals surface area (Å²) in [6, 6.07) is 0. The zero-order chi connectivity index (χ0) is 10.7. The van der Waals surface area contributed by atoms with E-state index in [1.54, 1.807) is 0 Å². The van der Waals surface area contributed by atoms with Gasteiger partial charge >= 0.3 is 0 Å². The quantitative estimate of drug-likeness (QED) is 0.734. The van der Waals surface area contributed by atoms with Crippen LogP contribution in [0.25, 0.3) is 0 Å². The minimum atomic E-state index is -0.0474. The third kappa shape index (κ3) is 3.79. The van der Waals surface area contributed by atoms with Crippen molar-refractivity contribution in [1.29, 1.82) is 0 Å². The van der Waals surface area contributed by atoms with Crippen LogP contribution in [0.2, 0.25) is 0 Å². The third-order valence-electron chi connectivity index (χ3n) is 2.70. The van der Waals surface area contributed by atoms with Crippen molar-refractivity contribution in [2.75, 3.05) is 25.6 Å². The predicted molar refractivity (Wildman–Crippen MR) is 62.0 cm³/mol. The molecule has 0 aromatic rings. The largest absolute Gasteiger partial charge is 0.381 e. The summed E-state index contributed by atoms with van der Waals surface area (Å²) >= 11 is 4.44. The van der Waals surface area contributed by atoms with Crippen molar-refractivity contribution in [3.63, 3.8) is 0 Å². The van der Waals surface area contributed by atoms with E-state index in [1.165, 1.54) is 0 Å². The maximum atomic E-state index is 5.86. The van der Waals surface area contributed by atoms with Crippen LogP contribution in [0, 0.1) is 5.41 Å². The molecule has 0 bridgehead atoms. The summed E-state index contributed by atoms with van der Waals surface area (Å²) in [4.78, 5) is 0. The predicted octanol–water partition coefficient (Wildman–Crippen LogP) is 2.53. The molecule has 3 heteroatoms. The first-order chi connectivity index (χ1) is 6.47. The molecule has 1 aliphatic heterocycles. The van der Waals surface area contributed by atoms with Crippen molar-refractivity contribution in [2.24, 2.45) is 5.41 Å². The second-order valence-electron chi connectivity index (χ2n) is 5.17. The Labute approximate surface area is 92.8 Å². The molecule has 1 aliphatic rings. The Morgan fingerprint density at radius 2 is 1.86 bits per heavy atom. The number of rotatable bonds is 3. The van der Waals surface area contributed by atoms with Gasteiger partial charge in [0.25, 0.3) is 0 Å². The van der Waals surface area contributed by atoms with Gasteiger partial charge in [-0.1, -0.05) is 0 Å². The lowest BCUT2D eigenvalue weighted by atomic mass is 9.83. The fourth-order valence-electron chi connectivity index (χ4n) is 1.52. The topological polar surface area (TPSA) is 18.5 Å². The normalized spacial score (nSPS) is 22.3. The number of ether oxygens (including phenoxy) is 2. The van der Waals surface area contributed by atoms with E-state index in [0.29, 0.717) is 0 Å². The molecule has 0 N–H and O–H groups in total. The maximum Gasteiger partial charge on any atom is 0.0598 e. The van der Waals surface area contributed by atoms with Crippen LogP contribution in [0.4, 0.5) is 0 Å². The van der Waals surface area contributed by atoms with Crippen molar-refractivity contribution in [3.8, 4) is 0 Å². The second kappa shape index (κ2) is 4.86. The Morgan fingerprint density at radius 3 is 2.29 bits per heavy atom. The molecular formula is C11H22O2S.